The van der Waals surface area contributed by atoms with E-state index in [-0.39, 0.29) is 23.7 Å². The van der Waals surface area contributed by atoms with Crippen LogP contribution in [0.3, 0.4) is 0 Å². The molecule has 24 heavy (non-hydrogen) atoms. The first-order chi connectivity index (χ1) is 11.5. The molecule has 1 fully saturated rings. The van der Waals surface area contributed by atoms with Crippen molar-refractivity contribution in [2.75, 3.05) is 13.1 Å². The maximum Gasteiger partial charge on any atom is 0.261 e. The molecule has 1 aliphatic heterocycles. The Balaban J connectivity index is 1.51. The summed E-state index contributed by atoms with van der Waals surface area (Å²) >= 11 is 7.04. The van der Waals surface area contributed by atoms with Crippen LogP contribution in [-0.4, -0.2) is 35.8 Å². The van der Waals surface area contributed by atoms with Crippen molar-refractivity contribution >= 4 is 34.8 Å². The van der Waals surface area contributed by atoms with Crippen molar-refractivity contribution in [1.82, 2.24) is 10.2 Å². The van der Waals surface area contributed by atoms with Gasteiger partial charge in [-0.05, 0) is 36.2 Å². The summed E-state index contributed by atoms with van der Waals surface area (Å²) in [5.41, 5.74) is 0.977. The lowest BCUT2D eigenvalue weighted by Crippen LogP contribution is -2.37. The molecule has 1 unspecified atom stereocenters. The lowest BCUT2D eigenvalue weighted by molar-refractivity contribution is -0.127. The summed E-state index contributed by atoms with van der Waals surface area (Å²) in [4.78, 5) is 26.5. The standard InChI is InChI=1S/C17H16ClFN2O2S/c18-15-6-5-14(24-15)17(23)20-13-9-16(22)21(10-13)8-7-11-1-3-12(19)4-2-11/h1-6,13H,7-10H2,(H,20,23). The van der Waals surface area contributed by atoms with Crippen molar-refractivity contribution in [3.63, 3.8) is 0 Å². The highest BCUT2D eigenvalue weighted by molar-refractivity contribution is 7.18. The third-order valence-corrected chi connectivity index (χ3v) is 5.16. The lowest BCUT2D eigenvalue weighted by atomic mass is 10.1. The van der Waals surface area contributed by atoms with Crippen molar-refractivity contribution in [2.24, 2.45) is 0 Å². The first-order valence-corrected chi connectivity index (χ1v) is 8.79. The molecule has 0 spiro atoms. The number of benzene rings is 1. The largest absolute Gasteiger partial charge is 0.346 e. The first kappa shape index (κ1) is 16.9. The third-order valence-electron chi connectivity index (χ3n) is 3.93. The zero-order valence-corrected chi connectivity index (χ0v) is 14.4. The van der Waals surface area contributed by atoms with E-state index < -0.39 is 0 Å². The SMILES string of the molecule is O=C(NC1CC(=O)N(CCc2ccc(F)cc2)C1)c1ccc(Cl)s1. The Kier molecular flexibility index (Phi) is 5.16. The molecule has 1 aromatic heterocycles. The molecule has 1 aromatic carbocycles. The van der Waals surface area contributed by atoms with Crippen LogP contribution in [-0.2, 0) is 11.2 Å². The number of rotatable bonds is 5. The molecule has 2 aromatic rings. The Labute approximate surface area is 148 Å². The van der Waals surface area contributed by atoms with Gasteiger partial charge in [0.2, 0.25) is 5.91 Å². The summed E-state index contributed by atoms with van der Waals surface area (Å²) in [5, 5.41) is 2.88. The van der Waals surface area contributed by atoms with Crippen LogP contribution in [0.2, 0.25) is 4.34 Å². The van der Waals surface area contributed by atoms with E-state index in [0.29, 0.717) is 35.1 Å². The summed E-state index contributed by atoms with van der Waals surface area (Å²) in [6, 6.07) is 9.42. The minimum Gasteiger partial charge on any atom is -0.346 e. The van der Waals surface area contributed by atoms with Gasteiger partial charge in [0.05, 0.1) is 15.3 Å². The Hall–Kier alpha value is -1.92. The van der Waals surface area contributed by atoms with Crippen LogP contribution in [0.5, 0.6) is 0 Å². The highest BCUT2D eigenvalue weighted by Gasteiger charge is 2.30. The number of carbonyl (C=O) groups is 2. The van der Waals surface area contributed by atoms with E-state index in [0.717, 1.165) is 5.56 Å². The molecule has 2 heterocycles. The summed E-state index contributed by atoms with van der Waals surface area (Å²) < 4.78 is 13.5. The topological polar surface area (TPSA) is 49.4 Å². The van der Waals surface area contributed by atoms with Gasteiger partial charge in [-0.2, -0.15) is 0 Å². The minimum atomic E-state index is -0.271. The van der Waals surface area contributed by atoms with Gasteiger partial charge < -0.3 is 10.2 Å². The molecule has 2 amide bonds. The lowest BCUT2D eigenvalue weighted by Gasteiger charge is -2.17. The number of nitrogens with one attached hydrogen (secondary N) is 1. The van der Waals surface area contributed by atoms with Crippen LogP contribution in [0.15, 0.2) is 36.4 Å². The fraction of sp³-hybridized carbons (Fsp3) is 0.294. The van der Waals surface area contributed by atoms with Crippen molar-refractivity contribution in [1.29, 1.82) is 0 Å². The molecular formula is C17H16ClFN2O2S. The van der Waals surface area contributed by atoms with Gasteiger partial charge in [-0.3, -0.25) is 9.59 Å². The quantitative estimate of drug-likeness (QED) is 0.883. The molecule has 0 bridgehead atoms. The van der Waals surface area contributed by atoms with E-state index in [1.54, 1.807) is 29.2 Å². The van der Waals surface area contributed by atoms with Crippen LogP contribution in [0.1, 0.15) is 21.7 Å². The van der Waals surface area contributed by atoms with E-state index in [1.165, 1.54) is 23.5 Å². The highest BCUT2D eigenvalue weighted by Crippen LogP contribution is 2.22. The first-order valence-electron chi connectivity index (χ1n) is 7.59. The van der Waals surface area contributed by atoms with Gasteiger partial charge in [-0.15, -0.1) is 11.3 Å². The second-order valence-electron chi connectivity index (χ2n) is 5.69. The molecule has 7 heteroatoms. The average molecular weight is 367 g/mol. The van der Waals surface area contributed by atoms with Gasteiger partial charge >= 0.3 is 0 Å². The number of thiophene rings is 1. The molecular weight excluding hydrogens is 351 g/mol. The van der Waals surface area contributed by atoms with E-state index in [2.05, 4.69) is 5.32 Å². The van der Waals surface area contributed by atoms with Crippen LogP contribution in [0.25, 0.3) is 0 Å². The smallest absolute Gasteiger partial charge is 0.261 e. The number of halogens is 2. The molecule has 126 valence electrons. The zero-order valence-electron chi connectivity index (χ0n) is 12.8. The van der Waals surface area contributed by atoms with E-state index in [9.17, 15) is 14.0 Å². The predicted molar refractivity (Wildman–Crippen MR) is 91.9 cm³/mol. The van der Waals surface area contributed by atoms with Crippen LogP contribution >= 0.6 is 22.9 Å². The summed E-state index contributed by atoms with van der Waals surface area (Å²) in [6.45, 7) is 1.05. The Morgan fingerprint density at radius 2 is 2.04 bits per heavy atom. The number of carbonyl (C=O) groups excluding carboxylic acids is 2. The number of hydrogen-bond donors (Lipinski definition) is 1. The van der Waals surface area contributed by atoms with Gasteiger partial charge in [-0.25, -0.2) is 4.39 Å². The molecule has 0 radical (unpaired) electrons. The van der Waals surface area contributed by atoms with Crippen LogP contribution < -0.4 is 5.32 Å². The number of nitrogens with zero attached hydrogens (tertiary/aromatic N) is 1. The molecule has 3 rings (SSSR count). The molecule has 0 aliphatic carbocycles. The van der Waals surface area contributed by atoms with Gasteiger partial charge in [0, 0.05) is 19.5 Å². The van der Waals surface area contributed by atoms with E-state index in [4.69, 9.17) is 11.6 Å². The van der Waals surface area contributed by atoms with Crippen molar-refractivity contribution < 1.29 is 14.0 Å². The maximum absolute atomic E-state index is 12.9. The second kappa shape index (κ2) is 7.32. The fourth-order valence-corrected chi connectivity index (χ4v) is 3.64. The molecule has 1 saturated heterocycles. The number of hydrogen-bond acceptors (Lipinski definition) is 3. The average Bonchev–Trinajstić information content (AvgIpc) is 3.13. The third kappa shape index (κ3) is 4.13. The van der Waals surface area contributed by atoms with Crippen molar-refractivity contribution in [3.05, 3.63) is 57.0 Å². The highest BCUT2D eigenvalue weighted by atomic mass is 35.5. The van der Waals surface area contributed by atoms with E-state index >= 15 is 0 Å². The Morgan fingerprint density at radius 3 is 2.71 bits per heavy atom. The fourth-order valence-electron chi connectivity index (χ4n) is 2.69. The normalized spacial score (nSPS) is 17.3. The van der Waals surface area contributed by atoms with E-state index in [1.807, 2.05) is 0 Å². The molecule has 0 saturated carbocycles. The molecule has 1 atom stereocenters. The van der Waals surface area contributed by atoms with Gasteiger partial charge in [0.1, 0.15) is 5.82 Å². The van der Waals surface area contributed by atoms with Crippen LogP contribution in [0.4, 0.5) is 4.39 Å². The number of amides is 2. The summed E-state index contributed by atoms with van der Waals surface area (Å²) in [5.74, 6) is -0.454. The maximum atomic E-state index is 12.9. The number of likely N-dealkylation sites (tertiary alicyclic amines) is 1. The molecule has 1 N–H and O–H groups in total. The van der Waals surface area contributed by atoms with Gasteiger partial charge in [-0.1, -0.05) is 23.7 Å². The van der Waals surface area contributed by atoms with Gasteiger partial charge in [0.15, 0.2) is 0 Å². The van der Waals surface area contributed by atoms with Gasteiger partial charge in [0.25, 0.3) is 5.91 Å². The van der Waals surface area contributed by atoms with Crippen molar-refractivity contribution in [3.8, 4) is 0 Å². The molecule has 4 nitrogen and oxygen atoms in total. The zero-order chi connectivity index (χ0) is 17.1. The monoisotopic (exact) mass is 366 g/mol. The summed E-state index contributed by atoms with van der Waals surface area (Å²) in [7, 11) is 0. The predicted octanol–water partition coefficient (Wildman–Crippen LogP) is 3.11. The molecule has 1 aliphatic rings. The Bertz CT molecular complexity index is 747. The summed E-state index contributed by atoms with van der Waals surface area (Å²) in [6.07, 6.45) is 0.960. The minimum absolute atomic E-state index is 0.0200. The van der Waals surface area contributed by atoms with Crippen molar-refractivity contribution in [2.45, 2.75) is 18.9 Å². The Morgan fingerprint density at radius 1 is 1.29 bits per heavy atom. The second-order valence-corrected chi connectivity index (χ2v) is 7.41. The van der Waals surface area contributed by atoms with Crippen LogP contribution in [0, 0.1) is 5.82 Å².